The molecule has 0 atom stereocenters. The standard InChI is InChI=1S/C8H9N3/c1-3-10-8-7(9-2)5-4-6-11-8/h3-6H,2H2,1H3. The molecule has 0 aromatic carbocycles. The fourth-order valence-electron chi connectivity index (χ4n) is 0.734. The first kappa shape index (κ1) is 7.60. The molecule has 3 nitrogen and oxygen atoms in total. The summed E-state index contributed by atoms with van der Waals surface area (Å²) in [5.74, 6) is 0.616. The van der Waals surface area contributed by atoms with Crippen LogP contribution in [-0.4, -0.2) is 17.9 Å². The largest absolute Gasteiger partial charge is 0.261 e. The first-order chi connectivity index (χ1) is 5.38. The van der Waals surface area contributed by atoms with Crippen LogP contribution in [0.3, 0.4) is 0 Å². The van der Waals surface area contributed by atoms with Crippen LogP contribution in [0.1, 0.15) is 6.92 Å². The maximum Gasteiger partial charge on any atom is 0.177 e. The second-order valence-electron chi connectivity index (χ2n) is 1.89. The van der Waals surface area contributed by atoms with Crippen molar-refractivity contribution in [2.75, 3.05) is 0 Å². The van der Waals surface area contributed by atoms with Crippen molar-refractivity contribution in [3.8, 4) is 0 Å². The van der Waals surface area contributed by atoms with E-state index >= 15 is 0 Å². The maximum atomic E-state index is 4.01. The van der Waals surface area contributed by atoms with Gasteiger partial charge in [-0.1, -0.05) is 0 Å². The smallest absolute Gasteiger partial charge is 0.177 e. The molecule has 0 saturated carbocycles. The van der Waals surface area contributed by atoms with Gasteiger partial charge >= 0.3 is 0 Å². The van der Waals surface area contributed by atoms with Gasteiger partial charge in [-0.15, -0.1) is 0 Å². The van der Waals surface area contributed by atoms with E-state index in [4.69, 9.17) is 0 Å². The molecule has 0 radical (unpaired) electrons. The van der Waals surface area contributed by atoms with Gasteiger partial charge in [-0.2, -0.15) is 0 Å². The maximum absolute atomic E-state index is 4.01. The zero-order valence-corrected chi connectivity index (χ0v) is 6.36. The summed E-state index contributed by atoms with van der Waals surface area (Å²) in [6, 6.07) is 3.63. The molecule has 0 aliphatic rings. The summed E-state index contributed by atoms with van der Waals surface area (Å²) in [6.07, 6.45) is 3.36. The van der Waals surface area contributed by atoms with E-state index in [2.05, 4.69) is 21.7 Å². The van der Waals surface area contributed by atoms with E-state index in [1.807, 2.05) is 13.0 Å². The van der Waals surface area contributed by atoms with E-state index in [1.54, 1.807) is 18.5 Å². The predicted octanol–water partition coefficient (Wildman–Crippen LogP) is 2.14. The number of pyridine rings is 1. The summed E-state index contributed by atoms with van der Waals surface area (Å²) in [5, 5.41) is 0. The Balaban J connectivity index is 3.11. The van der Waals surface area contributed by atoms with E-state index in [-0.39, 0.29) is 0 Å². The van der Waals surface area contributed by atoms with Crippen LogP contribution >= 0.6 is 0 Å². The lowest BCUT2D eigenvalue weighted by molar-refractivity contribution is 1.26. The summed E-state index contributed by atoms with van der Waals surface area (Å²) < 4.78 is 0. The van der Waals surface area contributed by atoms with Crippen LogP contribution < -0.4 is 0 Å². The summed E-state index contributed by atoms with van der Waals surface area (Å²) >= 11 is 0. The quantitative estimate of drug-likeness (QED) is 0.590. The molecule has 0 amide bonds. The van der Waals surface area contributed by atoms with Gasteiger partial charge in [0.1, 0.15) is 5.69 Å². The molecule has 1 aromatic heterocycles. The van der Waals surface area contributed by atoms with Crippen LogP contribution in [0.4, 0.5) is 11.5 Å². The molecule has 0 aliphatic carbocycles. The van der Waals surface area contributed by atoms with Crippen LogP contribution in [0.5, 0.6) is 0 Å². The third-order valence-corrected chi connectivity index (χ3v) is 1.19. The summed E-state index contributed by atoms with van der Waals surface area (Å²) in [4.78, 5) is 11.8. The molecule has 3 heteroatoms. The normalized spacial score (nSPS) is 10.3. The molecule has 0 saturated heterocycles. The zero-order chi connectivity index (χ0) is 8.10. The first-order valence-electron chi connectivity index (χ1n) is 3.29. The van der Waals surface area contributed by atoms with Crippen molar-refractivity contribution < 1.29 is 0 Å². The van der Waals surface area contributed by atoms with E-state index in [1.165, 1.54) is 0 Å². The number of hydrogen-bond acceptors (Lipinski definition) is 3. The Morgan fingerprint density at radius 2 is 2.45 bits per heavy atom. The van der Waals surface area contributed by atoms with Crippen molar-refractivity contribution >= 4 is 24.4 Å². The zero-order valence-electron chi connectivity index (χ0n) is 6.36. The molecule has 0 fully saturated rings. The second-order valence-corrected chi connectivity index (χ2v) is 1.89. The van der Waals surface area contributed by atoms with Gasteiger partial charge in [0.2, 0.25) is 0 Å². The van der Waals surface area contributed by atoms with Gasteiger partial charge in [0.25, 0.3) is 0 Å². The van der Waals surface area contributed by atoms with Gasteiger partial charge < -0.3 is 0 Å². The van der Waals surface area contributed by atoms with E-state index < -0.39 is 0 Å². The molecule has 56 valence electrons. The third-order valence-electron chi connectivity index (χ3n) is 1.19. The fourth-order valence-corrected chi connectivity index (χ4v) is 0.734. The van der Waals surface area contributed by atoms with Crippen molar-refractivity contribution in [1.29, 1.82) is 0 Å². The van der Waals surface area contributed by atoms with Crippen molar-refractivity contribution in [1.82, 2.24) is 4.98 Å². The summed E-state index contributed by atoms with van der Waals surface area (Å²) in [6.45, 7) is 5.24. The van der Waals surface area contributed by atoms with Crippen LogP contribution in [0, 0.1) is 0 Å². The van der Waals surface area contributed by atoms with Crippen LogP contribution in [-0.2, 0) is 0 Å². The molecule has 0 unspecified atom stereocenters. The minimum absolute atomic E-state index is 0.616. The van der Waals surface area contributed by atoms with E-state index in [9.17, 15) is 0 Å². The molecule has 11 heavy (non-hydrogen) atoms. The summed E-state index contributed by atoms with van der Waals surface area (Å²) in [5.41, 5.74) is 0.714. The summed E-state index contributed by atoms with van der Waals surface area (Å²) in [7, 11) is 0. The Bertz CT molecular complexity index is 278. The highest BCUT2D eigenvalue weighted by molar-refractivity contribution is 5.67. The lowest BCUT2D eigenvalue weighted by Crippen LogP contribution is -1.73. The Hall–Kier alpha value is -1.51. The minimum atomic E-state index is 0.616. The van der Waals surface area contributed by atoms with E-state index in [0.717, 1.165) is 0 Å². The van der Waals surface area contributed by atoms with Gasteiger partial charge in [0.15, 0.2) is 5.82 Å². The molecule has 1 aromatic rings. The van der Waals surface area contributed by atoms with Crippen molar-refractivity contribution in [2.24, 2.45) is 9.98 Å². The number of nitrogens with zero attached hydrogens (tertiary/aromatic N) is 3. The van der Waals surface area contributed by atoms with Crippen molar-refractivity contribution in [2.45, 2.75) is 6.92 Å². The van der Waals surface area contributed by atoms with Gasteiger partial charge in [0, 0.05) is 12.4 Å². The van der Waals surface area contributed by atoms with Crippen LogP contribution in [0.2, 0.25) is 0 Å². The molecule has 0 N–H and O–H groups in total. The predicted molar refractivity (Wildman–Crippen MR) is 47.3 cm³/mol. The number of hydrogen-bond donors (Lipinski definition) is 0. The molecule has 0 bridgehead atoms. The molecule has 1 heterocycles. The highest BCUT2D eigenvalue weighted by atomic mass is 14.9. The topological polar surface area (TPSA) is 37.6 Å². The Labute approximate surface area is 65.5 Å². The minimum Gasteiger partial charge on any atom is -0.261 e. The molecule has 0 spiro atoms. The van der Waals surface area contributed by atoms with Crippen molar-refractivity contribution in [3.63, 3.8) is 0 Å². The van der Waals surface area contributed by atoms with Gasteiger partial charge in [-0.25, -0.2) is 9.98 Å². The first-order valence-corrected chi connectivity index (χ1v) is 3.29. The molecular weight excluding hydrogens is 138 g/mol. The lowest BCUT2D eigenvalue weighted by atomic mass is 10.4. The monoisotopic (exact) mass is 147 g/mol. The Morgan fingerprint density at radius 1 is 1.64 bits per heavy atom. The van der Waals surface area contributed by atoms with E-state index in [0.29, 0.717) is 11.5 Å². The van der Waals surface area contributed by atoms with Crippen LogP contribution in [0.25, 0.3) is 0 Å². The lowest BCUT2D eigenvalue weighted by Gasteiger charge is -1.94. The molecule has 0 aliphatic heterocycles. The van der Waals surface area contributed by atoms with Crippen molar-refractivity contribution in [3.05, 3.63) is 18.3 Å². The number of aliphatic imine (C=N–C) groups is 2. The Kier molecular flexibility index (Phi) is 2.49. The number of rotatable bonds is 2. The molecular formula is C8H9N3. The average molecular weight is 147 g/mol. The van der Waals surface area contributed by atoms with Crippen LogP contribution in [0.15, 0.2) is 28.3 Å². The van der Waals surface area contributed by atoms with Gasteiger partial charge in [0.05, 0.1) is 0 Å². The second kappa shape index (κ2) is 3.61. The fraction of sp³-hybridized carbons (Fsp3) is 0.125. The molecule has 1 rings (SSSR count). The average Bonchev–Trinajstić information content (AvgIpc) is 2.06. The Morgan fingerprint density at radius 3 is 3.09 bits per heavy atom. The highest BCUT2D eigenvalue weighted by Gasteiger charge is 1.95. The third kappa shape index (κ3) is 1.70. The van der Waals surface area contributed by atoms with Gasteiger partial charge in [-0.05, 0) is 25.8 Å². The SMILES string of the molecule is C=Nc1cccnc1N=CC. The van der Waals surface area contributed by atoms with Gasteiger partial charge in [-0.3, -0.25) is 4.99 Å². The number of aromatic nitrogens is 1. The highest BCUT2D eigenvalue weighted by Crippen LogP contribution is 2.22.